The lowest BCUT2D eigenvalue weighted by molar-refractivity contribution is 0.776. The molecule has 11 heavy (non-hydrogen) atoms. The van der Waals surface area contributed by atoms with Crippen molar-refractivity contribution in [3.63, 3.8) is 0 Å². The Kier molecular flexibility index (Phi) is 2.90. The van der Waals surface area contributed by atoms with Crippen LogP contribution < -0.4 is 5.73 Å². The normalized spacial score (nSPS) is 9.91. The van der Waals surface area contributed by atoms with Crippen molar-refractivity contribution < 1.29 is 0 Å². The quantitative estimate of drug-likeness (QED) is 0.649. The fourth-order valence-electron chi connectivity index (χ4n) is 0.981. The molecule has 1 radical (unpaired) electrons. The highest BCUT2D eigenvalue weighted by molar-refractivity contribution is 5.37. The standard InChI is InChI=1S/C9H13N2/c1-2-3-6-9-8(10)5-4-7-11-9/h4-5,7,10H,2-3,6H2,1H3. The molecule has 2 nitrogen and oxygen atoms in total. The predicted octanol–water partition coefficient (Wildman–Crippen LogP) is 2.34. The summed E-state index contributed by atoms with van der Waals surface area (Å²) in [5, 5.41) is 0. The Bertz CT molecular complexity index is 221. The second kappa shape index (κ2) is 3.96. The number of aryl methyl sites for hydroxylation is 1. The lowest BCUT2D eigenvalue weighted by Gasteiger charge is -2.00. The minimum atomic E-state index is 0.570. The summed E-state index contributed by atoms with van der Waals surface area (Å²) < 4.78 is 0. The van der Waals surface area contributed by atoms with Crippen LogP contribution in [0.2, 0.25) is 0 Å². The molecule has 0 fully saturated rings. The number of rotatable bonds is 3. The van der Waals surface area contributed by atoms with Crippen molar-refractivity contribution in [1.82, 2.24) is 10.7 Å². The third kappa shape index (κ3) is 2.22. The number of nitrogens with zero attached hydrogens (tertiary/aromatic N) is 1. The van der Waals surface area contributed by atoms with Crippen LogP contribution in [0.4, 0.5) is 5.69 Å². The van der Waals surface area contributed by atoms with Crippen molar-refractivity contribution in [1.29, 1.82) is 0 Å². The molecule has 0 saturated carbocycles. The van der Waals surface area contributed by atoms with E-state index in [1.54, 1.807) is 18.3 Å². The van der Waals surface area contributed by atoms with E-state index in [0.717, 1.165) is 25.0 Å². The van der Waals surface area contributed by atoms with Gasteiger partial charge in [-0.3, -0.25) is 10.7 Å². The molecule has 0 aliphatic carbocycles. The van der Waals surface area contributed by atoms with E-state index < -0.39 is 0 Å². The van der Waals surface area contributed by atoms with Crippen molar-refractivity contribution in [2.24, 2.45) is 0 Å². The number of hydrogen-bond acceptors (Lipinski definition) is 1. The molecule has 0 atom stereocenters. The molecule has 0 aliphatic heterocycles. The second-order valence-corrected chi connectivity index (χ2v) is 2.60. The molecular weight excluding hydrogens is 136 g/mol. The Labute approximate surface area is 67.5 Å². The summed E-state index contributed by atoms with van der Waals surface area (Å²) in [5.41, 5.74) is 8.98. The van der Waals surface area contributed by atoms with E-state index in [2.05, 4.69) is 11.9 Å². The molecule has 1 aromatic rings. The van der Waals surface area contributed by atoms with E-state index in [0.29, 0.717) is 5.69 Å². The fraction of sp³-hybridized carbons (Fsp3) is 0.444. The first-order valence-corrected chi connectivity index (χ1v) is 4.00. The van der Waals surface area contributed by atoms with E-state index in [1.165, 1.54) is 0 Å². The summed E-state index contributed by atoms with van der Waals surface area (Å²) >= 11 is 0. The van der Waals surface area contributed by atoms with E-state index in [-0.39, 0.29) is 0 Å². The molecule has 0 spiro atoms. The maximum absolute atomic E-state index is 7.49. The van der Waals surface area contributed by atoms with Crippen LogP contribution >= 0.6 is 0 Å². The van der Waals surface area contributed by atoms with E-state index in [9.17, 15) is 0 Å². The highest BCUT2D eigenvalue weighted by Crippen LogP contribution is 2.11. The third-order valence-corrected chi connectivity index (χ3v) is 1.66. The molecule has 1 N–H and O–H groups in total. The van der Waals surface area contributed by atoms with Gasteiger partial charge < -0.3 is 0 Å². The Morgan fingerprint density at radius 1 is 1.55 bits per heavy atom. The van der Waals surface area contributed by atoms with Gasteiger partial charge in [0.25, 0.3) is 0 Å². The minimum Gasteiger partial charge on any atom is -0.299 e. The van der Waals surface area contributed by atoms with Crippen molar-refractivity contribution in [3.05, 3.63) is 24.0 Å². The van der Waals surface area contributed by atoms with Gasteiger partial charge in [-0.25, -0.2) is 0 Å². The molecule has 1 heterocycles. The molecule has 1 aromatic heterocycles. The van der Waals surface area contributed by atoms with Gasteiger partial charge in [0.05, 0.1) is 11.4 Å². The maximum Gasteiger partial charge on any atom is 0.0755 e. The van der Waals surface area contributed by atoms with E-state index in [4.69, 9.17) is 5.73 Å². The lowest BCUT2D eigenvalue weighted by Crippen LogP contribution is -1.90. The molecule has 2 heteroatoms. The minimum absolute atomic E-state index is 0.570. The van der Waals surface area contributed by atoms with Crippen LogP contribution in [-0.4, -0.2) is 4.98 Å². The average Bonchev–Trinajstić information content (AvgIpc) is 2.03. The maximum atomic E-state index is 7.49. The first kappa shape index (κ1) is 8.05. The van der Waals surface area contributed by atoms with Crippen LogP contribution in [0.5, 0.6) is 0 Å². The Morgan fingerprint density at radius 3 is 3.00 bits per heavy atom. The SMILES string of the molecule is CCCCc1ncccc1[NH]. The number of pyridine rings is 1. The van der Waals surface area contributed by atoms with Gasteiger partial charge >= 0.3 is 0 Å². The van der Waals surface area contributed by atoms with Gasteiger partial charge in [0.15, 0.2) is 0 Å². The van der Waals surface area contributed by atoms with Crippen LogP contribution in [0.3, 0.4) is 0 Å². The van der Waals surface area contributed by atoms with Crippen LogP contribution in [0.15, 0.2) is 18.3 Å². The van der Waals surface area contributed by atoms with Crippen LogP contribution in [0.25, 0.3) is 0 Å². The van der Waals surface area contributed by atoms with Gasteiger partial charge in [-0.05, 0) is 25.0 Å². The van der Waals surface area contributed by atoms with Crippen LogP contribution in [-0.2, 0) is 6.42 Å². The van der Waals surface area contributed by atoms with Gasteiger partial charge in [-0.2, -0.15) is 0 Å². The van der Waals surface area contributed by atoms with Crippen LogP contribution in [0.1, 0.15) is 25.5 Å². The summed E-state index contributed by atoms with van der Waals surface area (Å²) in [6.45, 7) is 2.15. The number of aromatic nitrogens is 1. The molecular formula is C9H13N2. The second-order valence-electron chi connectivity index (χ2n) is 2.60. The first-order chi connectivity index (χ1) is 5.34. The van der Waals surface area contributed by atoms with Crippen molar-refractivity contribution in [3.8, 4) is 0 Å². The molecule has 0 saturated heterocycles. The summed E-state index contributed by atoms with van der Waals surface area (Å²) in [6, 6.07) is 3.59. The number of nitrogens with one attached hydrogen (secondary N) is 1. The Morgan fingerprint density at radius 2 is 2.36 bits per heavy atom. The highest BCUT2D eigenvalue weighted by atomic mass is 14.7. The largest absolute Gasteiger partial charge is 0.299 e. The highest BCUT2D eigenvalue weighted by Gasteiger charge is 1.97. The summed E-state index contributed by atoms with van der Waals surface area (Å²) in [4.78, 5) is 4.13. The average molecular weight is 149 g/mol. The van der Waals surface area contributed by atoms with Gasteiger partial charge in [0.2, 0.25) is 0 Å². The number of hydrogen-bond donors (Lipinski definition) is 0. The monoisotopic (exact) mass is 149 g/mol. The van der Waals surface area contributed by atoms with Crippen molar-refractivity contribution in [2.45, 2.75) is 26.2 Å². The van der Waals surface area contributed by atoms with E-state index in [1.807, 2.05) is 0 Å². The van der Waals surface area contributed by atoms with Crippen molar-refractivity contribution in [2.75, 3.05) is 0 Å². The zero-order chi connectivity index (χ0) is 8.10. The summed E-state index contributed by atoms with van der Waals surface area (Å²) in [6.07, 6.45) is 4.98. The lowest BCUT2D eigenvalue weighted by atomic mass is 10.1. The van der Waals surface area contributed by atoms with E-state index >= 15 is 0 Å². The van der Waals surface area contributed by atoms with Crippen LogP contribution in [0, 0.1) is 0 Å². The van der Waals surface area contributed by atoms with Gasteiger partial charge in [0.1, 0.15) is 0 Å². The Balaban J connectivity index is 2.62. The number of unbranched alkanes of at least 4 members (excludes halogenated alkanes) is 1. The summed E-state index contributed by atoms with van der Waals surface area (Å²) in [5.74, 6) is 0. The topological polar surface area (TPSA) is 36.7 Å². The molecule has 0 aliphatic rings. The fourth-order valence-corrected chi connectivity index (χ4v) is 0.981. The molecule has 59 valence electrons. The van der Waals surface area contributed by atoms with Gasteiger partial charge in [0, 0.05) is 6.20 Å². The molecule has 0 bridgehead atoms. The first-order valence-electron chi connectivity index (χ1n) is 4.00. The predicted molar refractivity (Wildman–Crippen MR) is 45.6 cm³/mol. The van der Waals surface area contributed by atoms with Gasteiger partial charge in [-0.1, -0.05) is 13.3 Å². The summed E-state index contributed by atoms with van der Waals surface area (Å²) in [7, 11) is 0. The van der Waals surface area contributed by atoms with Crippen molar-refractivity contribution >= 4 is 5.69 Å². The molecule has 0 aromatic carbocycles. The smallest absolute Gasteiger partial charge is 0.0755 e. The Hall–Kier alpha value is -1.05. The van der Waals surface area contributed by atoms with Gasteiger partial charge in [-0.15, -0.1) is 0 Å². The molecule has 0 amide bonds. The molecule has 0 unspecified atom stereocenters. The zero-order valence-corrected chi connectivity index (χ0v) is 6.80. The molecule has 1 rings (SSSR count). The third-order valence-electron chi connectivity index (χ3n) is 1.66. The zero-order valence-electron chi connectivity index (χ0n) is 6.80.